The van der Waals surface area contributed by atoms with Crippen LogP contribution in [0.2, 0.25) is 0 Å². The number of nitrogens with zero attached hydrogens (tertiary/aromatic N) is 2. The Morgan fingerprint density at radius 1 is 0.976 bits per heavy atom. The quantitative estimate of drug-likeness (QED) is 0.0858. The average Bonchev–Trinajstić information content (AvgIpc) is 3.53. The van der Waals surface area contributed by atoms with Gasteiger partial charge in [0.2, 0.25) is 0 Å². The molecule has 1 fully saturated rings. The maximum Gasteiger partial charge on any atom is 0.301 e. The Kier molecular flexibility index (Phi) is 8.77. The van der Waals surface area contributed by atoms with Crippen LogP contribution in [0.3, 0.4) is 0 Å². The van der Waals surface area contributed by atoms with Crippen molar-refractivity contribution < 1.29 is 28.9 Å². The van der Waals surface area contributed by atoms with Gasteiger partial charge in [-0.25, -0.2) is 4.98 Å². The molecule has 0 saturated carbocycles. The predicted molar refractivity (Wildman–Crippen MR) is 165 cm³/mol. The molecule has 1 aliphatic heterocycles. The normalized spacial score (nSPS) is 16.3. The van der Waals surface area contributed by atoms with E-state index in [1.54, 1.807) is 49.6 Å². The second-order valence-corrected chi connectivity index (χ2v) is 11.1. The highest BCUT2D eigenvalue weighted by molar-refractivity contribution is 7.22. The second kappa shape index (κ2) is 12.7. The standard InChI is InChI=1S/C33H34N2O6S/c1-5-7-8-17-41-25-16-12-22(19-26(25)40-6-2)29-28(30(36)21-10-13-23(39-4)14-11-21)31(37)32(38)35(29)33-34-24-15-9-20(3)18-27(24)42-33/h9-16,18-19,29,36H,5-8,17H2,1-4H3/b30-28+. The predicted octanol–water partition coefficient (Wildman–Crippen LogP) is 7.21. The van der Waals surface area contributed by atoms with Crippen LogP contribution in [0, 0.1) is 6.92 Å². The Hall–Kier alpha value is -4.37. The van der Waals surface area contributed by atoms with E-state index in [1.807, 2.05) is 32.0 Å². The van der Waals surface area contributed by atoms with Crippen LogP contribution < -0.4 is 19.1 Å². The van der Waals surface area contributed by atoms with Gasteiger partial charge in [-0.3, -0.25) is 14.5 Å². The summed E-state index contributed by atoms with van der Waals surface area (Å²) in [4.78, 5) is 33.4. The molecule has 5 rings (SSSR count). The van der Waals surface area contributed by atoms with Gasteiger partial charge >= 0.3 is 5.91 Å². The van der Waals surface area contributed by atoms with Crippen molar-refractivity contribution in [3.8, 4) is 17.2 Å². The molecule has 1 aromatic heterocycles. The van der Waals surface area contributed by atoms with Crippen molar-refractivity contribution in [3.05, 3.63) is 82.9 Å². The lowest BCUT2D eigenvalue weighted by atomic mass is 9.95. The zero-order chi connectivity index (χ0) is 29.8. The van der Waals surface area contributed by atoms with Crippen molar-refractivity contribution in [1.82, 2.24) is 4.98 Å². The number of aliphatic hydroxyl groups is 1. The number of hydrogen-bond donors (Lipinski definition) is 1. The lowest BCUT2D eigenvalue weighted by molar-refractivity contribution is -0.132. The van der Waals surface area contributed by atoms with Gasteiger partial charge in [-0.2, -0.15) is 0 Å². The molecule has 1 saturated heterocycles. The average molecular weight is 587 g/mol. The Bertz CT molecular complexity index is 1640. The van der Waals surface area contributed by atoms with Crippen LogP contribution in [0.25, 0.3) is 16.0 Å². The SMILES string of the molecule is CCCCCOc1ccc(C2/C(=C(\O)c3ccc(OC)cc3)C(=O)C(=O)N2c2nc3ccc(C)cc3s2)cc1OCC. The largest absolute Gasteiger partial charge is 0.507 e. The smallest absolute Gasteiger partial charge is 0.301 e. The third kappa shape index (κ3) is 5.69. The van der Waals surface area contributed by atoms with Gasteiger partial charge in [-0.15, -0.1) is 0 Å². The molecule has 1 unspecified atom stereocenters. The molecule has 218 valence electrons. The van der Waals surface area contributed by atoms with Gasteiger partial charge in [0.1, 0.15) is 11.5 Å². The molecule has 2 heterocycles. The number of aryl methyl sites for hydroxylation is 1. The molecular weight excluding hydrogens is 552 g/mol. The summed E-state index contributed by atoms with van der Waals surface area (Å²) >= 11 is 1.33. The molecule has 1 aliphatic rings. The maximum atomic E-state index is 13.7. The third-order valence-corrected chi connectivity index (χ3v) is 8.15. The first-order valence-electron chi connectivity index (χ1n) is 14.1. The maximum absolute atomic E-state index is 13.7. The lowest BCUT2D eigenvalue weighted by Crippen LogP contribution is -2.29. The zero-order valence-corrected chi connectivity index (χ0v) is 25.0. The van der Waals surface area contributed by atoms with Gasteiger partial charge in [0.25, 0.3) is 5.78 Å². The van der Waals surface area contributed by atoms with Gasteiger partial charge in [-0.05, 0) is 79.9 Å². The molecule has 1 amide bonds. The fraction of sp³-hybridized carbons (Fsp3) is 0.303. The number of methoxy groups -OCH3 is 1. The van der Waals surface area contributed by atoms with E-state index in [2.05, 4.69) is 6.92 Å². The molecule has 0 aliphatic carbocycles. The van der Waals surface area contributed by atoms with E-state index < -0.39 is 17.7 Å². The summed E-state index contributed by atoms with van der Waals surface area (Å²) in [5, 5.41) is 11.9. The van der Waals surface area contributed by atoms with E-state index in [1.165, 1.54) is 16.2 Å². The number of hydrogen-bond acceptors (Lipinski definition) is 8. The summed E-state index contributed by atoms with van der Waals surface area (Å²) in [6.07, 6.45) is 3.06. The first-order valence-corrected chi connectivity index (χ1v) is 14.9. The van der Waals surface area contributed by atoms with E-state index in [4.69, 9.17) is 19.2 Å². The summed E-state index contributed by atoms with van der Waals surface area (Å²) in [5.74, 6) is -0.145. The van der Waals surface area contributed by atoms with E-state index in [0.717, 1.165) is 35.0 Å². The van der Waals surface area contributed by atoms with Gasteiger partial charge in [0.15, 0.2) is 16.6 Å². The number of ketones is 1. The molecule has 4 aromatic rings. The molecular formula is C33H34N2O6S. The number of unbranched alkanes of at least 4 members (excludes halogenated alkanes) is 2. The molecule has 42 heavy (non-hydrogen) atoms. The minimum atomic E-state index is -0.942. The number of aromatic nitrogens is 1. The lowest BCUT2D eigenvalue weighted by Gasteiger charge is -2.24. The highest BCUT2D eigenvalue weighted by Gasteiger charge is 2.48. The molecule has 0 bridgehead atoms. The topological polar surface area (TPSA) is 98.2 Å². The number of fused-ring (bicyclic) bond motifs is 1. The summed E-state index contributed by atoms with van der Waals surface area (Å²) < 4.78 is 18.1. The first-order chi connectivity index (χ1) is 20.4. The Balaban J connectivity index is 1.66. The molecule has 0 radical (unpaired) electrons. The molecule has 1 N–H and O–H groups in total. The molecule has 8 nitrogen and oxygen atoms in total. The number of aliphatic hydroxyl groups excluding tert-OH is 1. The van der Waals surface area contributed by atoms with Crippen LogP contribution in [0.15, 0.2) is 66.2 Å². The summed E-state index contributed by atoms with van der Waals surface area (Å²) in [6, 6.07) is 17.0. The number of benzene rings is 3. The van der Waals surface area contributed by atoms with E-state index >= 15 is 0 Å². The van der Waals surface area contributed by atoms with Crippen LogP contribution in [0.4, 0.5) is 5.13 Å². The fourth-order valence-corrected chi connectivity index (χ4v) is 6.08. The molecule has 0 spiro atoms. The Morgan fingerprint density at radius 3 is 2.48 bits per heavy atom. The van der Waals surface area contributed by atoms with Crippen molar-refractivity contribution in [1.29, 1.82) is 0 Å². The van der Waals surface area contributed by atoms with Crippen LogP contribution in [0.1, 0.15) is 55.8 Å². The number of carbonyl (C=O) groups excluding carboxylic acids is 2. The van der Waals surface area contributed by atoms with Crippen molar-refractivity contribution in [2.45, 2.75) is 46.1 Å². The zero-order valence-electron chi connectivity index (χ0n) is 24.2. The fourth-order valence-electron chi connectivity index (χ4n) is 4.99. The van der Waals surface area contributed by atoms with Crippen LogP contribution in [-0.4, -0.2) is 42.1 Å². The van der Waals surface area contributed by atoms with Crippen LogP contribution in [-0.2, 0) is 9.59 Å². The van der Waals surface area contributed by atoms with Crippen molar-refractivity contribution in [2.24, 2.45) is 0 Å². The minimum Gasteiger partial charge on any atom is -0.507 e. The van der Waals surface area contributed by atoms with Crippen LogP contribution in [0.5, 0.6) is 17.2 Å². The monoisotopic (exact) mass is 586 g/mol. The van der Waals surface area contributed by atoms with Gasteiger partial charge in [0, 0.05) is 5.56 Å². The van der Waals surface area contributed by atoms with E-state index in [0.29, 0.717) is 46.7 Å². The van der Waals surface area contributed by atoms with Crippen LogP contribution >= 0.6 is 11.3 Å². The number of carbonyl (C=O) groups is 2. The minimum absolute atomic E-state index is 0.0281. The molecule has 3 aromatic carbocycles. The molecule has 1 atom stereocenters. The van der Waals surface area contributed by atoms with Gasteiger partial charge in [0.05, 0.1) is 42.2 Å². The summed E-state index contributed by atoms with van der Waals surface area (Å²) in [5.41, 5.74) is 2.73. The number of amides is 1. The van der Waals surface area contributed by atoms with Gasteiger partial charge in [-0.1, -0.05) is 43.2 Å². The van der Waals surface area contributed by atoms with Crippen molar-refractivity contribution >= 4 is 44.1 Å². The highest BCUT2D eigenvalue weighted by atomic mass is 32.1. The van der Waals surface area contributed by atoms with E-state index in [-0.39, 0.29) is 11.3 Å². The van der Waals surface area contributed by atoms with Gasteiger partial charge < -0.3 is 19.3 Å². The first kappa shape index (κ1) is 29.1. The number of ether oxygens (including phenoxy) is 3. The summed E-state index contributed by atoms with van der Waals surface area (Å²) in [7, 11) is 1.55. The number of anilines is 1. The second-order valence-electron chi connectivity index (χ2n) is 10.1. The molecule has 9 heteroatoms. The van der Waals surface area contributed by atoms with Crippen molar-refractivity contribution in [3.63, 3.8) is 0 Å². The van der Waals surface area contributed by atoms with E-state index in [9.17, 15) is 14.7 Å². The Morgan fingerprint density at radius 2 is 1.76 bits per heavy atom. The number of Topliss-reactive ketones (excluding diaryl/α,β-unsaturated/α-hetero) is 1. The Labute approximate surface area is 249 Å². The number of rotatable bonds is 11. The van der Waals surface area contributed by atoms with Crippen molar-refractivity contribution in [2.75, 3.05) is 25.2 Å². The number of thiazole rings is 1. The third-order valence-electron chi connectivity index (χ3n) is 7.14. The highest BCUT2D eigenvalue weighted by Crippen LogP contribution is 2.46. The summed E-state index contributed by atoms with van der Waals surface area (Å²) in [6.45, 7) is 6.95.